The van der Waals surface area contributed by atoms with Gasteiger partial charge in [-0.15, -0.1) is 0 Å². The standard InChI is InChI=1S/C9H6BrNO4/c10-4-1-2-6-5(3-4)7(8(12)13)11-9(14)15-6/h1-3,7H,(H,11,14)(H,12,13). The number of amides is 1. The van der Waals surface area contributed by atoms with E-state index in [1.165, 1.54) is 0 Å². The molecule has 0 aliphatic carbocycles. The first kappa shape index (κ1) is 9.97. The van der Waals surface area contributed by atoms with E-state index in [0.717, 1.165) is 4.47 Å². The van der Waals surface area contributed by atoms with Gasteiger partial charge in [0.1, 0.15) is 5.75 Å². The van der Waals surface area contributed by atoms with Crippen LogP contribution in [0.15, 0.2) is 22.7 Å². The van der Waals surface area contributed by atoms with Crippen molar-refractivity contribution in [3.8, 4) is 5.75 Å². The second-order valence-electron chi connectivity index (χ2n) is 2.99. The maximum atomic E-state index is 11.0. The van der Waals surface area contributed by atoms with Crippen molar-refractivity contribution in [1.82, 2.24) is 5.32 Å². The summed E-state index contributed by atoms with van der Waals surface area (Å²) in [6, 6.07) is 3.77. The number of hydrogen-bond acceptors (Lipinski definition) is 3. The third-order valence-electron chi connectivity index (χ3n) is 1.99. The number of ether oxygens (including phenoxy) is 1. The number of benzene rings is 1. The predicted octanol–water partition coefficient (Wildman–Crippen LogP) is 1.68. The zero-order valence-electron chi connectivity index (χ0n) is 7.36. The van der Waals surface area contributed by atoms with Gasteiger partial charge in [0.2, 0.25) is 0 Å². The van der Waals surface area contributed by atoms with Crippen molar-refractivity contribution in [2.45, 2.75) is 6.04 Å². The van der Waals surface area contributed by atoms with E-state index in [1.54, 1.807) is 18.2 Å². The minimum atomic E-state index is -1.12. The Bertz CT molecular complexity index is 446. The van der Waals surface area contributed by atoms with E-state index in [1.807, 2.05) is 0 Å². The zero-order valence-corrected chi connectivity index (χ0v) is 8.95. The molecule has 0 aromatic heterocycles. The lowest BCUT2D eigenvalue weighted by molar-refractivity contribution is -0.139. The van der Waals surface area contributed by atoms with Crippen LogP contribution in [0, 0.1) is 0 Å². The van der Waals surface area contributed by atoms with Gasteiger partial charge in [-0.3, -0.25) is 0 Å². The molecule has 1 aliphatic heterocycles. The Kier molecular flexibility index (Phi) is 2.36. The molecule has 0 saturated heterocycles. The molecule has 0 bridgehead atoms. The van der Waals surface area contributed by atoms with Gasteiger partial charge in [-0.25, -0.2) is 9.59 Å². The third-order valence-corrected chi connectivity index (χ3v) is 2.49. The topological polar surface area (TPSA) is 75.6 Å². The molecule has 1 aromatic carbocycles. The highest BCUT2D eigenvalue weighted by Crippen LogP contribution is 2.31. The van der Waals surface area contributed by atoms with Crippen molar-refractivity contribution in [3.05, 3.63) is 28.2 Å². The normalized spacial score (nSPS) is 18.7. The Morgan fingerprint density at radius 3 is 2.93 bits per heavy atom. The molecular weight excluding hydrogens is 266 g/mol. The molecule has 0 spiro atoms. The molecule has 78 valence electrons. The van der Waals surface area contributed by atoms with Gasteiger partial charge in [0.25, 0.3) is 0 Å². The number of hydrogen-bond donors (Lipinski definition) is 2. The molecule has 1 heterocycles. The van der Waals surface area contributed by atoms with Gasteiger partial charge in [0.15, 0.2) is 6.04 Å². The second kappa shape index (κ2) is 3.54. The summed E-state index contributed by atoms with van der Waals surface area (Å²) >= 11 is 3.22. The monoisotopic (exact) mass is 271 g/mol. The molecule has 5 nitrogen and oxygen atoms in total. The third kappa shape index (κ3) is 1.80. The van der Waals surface area contributed by atoms with Crippen LogP contribution in [0.2, 0.25) is 0 Å². The van der Waals surface area contributed by atoms with Crippen LogP contribution in [0.1, 0.15) is 11.6 Å². The Balaban J connectivity index is 2.52. The Hall–Kier alpha value is -1.56. The second-order valence-corrected chi connectivity index (χ2v) is 3.90. The van der Waals surface area contributed by atoms with E-state index in [4.69, 9.17) is 9.84 Å². The predicted molar refractivity (Wildman–Crippen MR) is 53.7 cm³/mol. The lowest BCUT2D eigenvalue weighted by Crippen LogP contribution is -2.39. The lowest BCUT2D eigenvalue weighted by Gasteiger charge is -2.22. The van der Waals surface area contributed by atoms with Crippen LogP contribution in [-0.4, -0.2) is 17.2 Å². The summed E-state index contributed by atoms with van der Waals surface area (Å²) in [5, 5.41) is 11.1. The Labute approximate surface area is 93.2 Å². The van der Waals surface area contributed by atoms with Gasteiger partial charge in [-0.05, 0) is 18.2 Å². The number of carbonyl (C=O) groups excluding carboxylic acids is 1. The summed E-state index contributed by atoms with van der Waals surface area (Å²) in [6.07, 6.45) is -0.753. The highest BCUT2D eigenvalue weighted by molar-refractivity contribution is 9.10. The lowest BCUT2D eigenvalue weighted by atomic mass is 10.1. The number of carboxylic acids is 1. The highest BCUT2D eigenvalue weighted by atomic mass is 79.9. The van der Waals surface area contributed by atoms with Crippen molar-refractivity contribution < 1.29 is 19.4 Å². The van der Waals surface area contributed by atoms with Crippen LogP contribution >= 0.6 is 15.9 Å². The van der Waals surface area contributed by atoms with Gasteiger partial charge in [0, 0.05) is 10.0 Å². The molecule has 0 radical (unpaired) electrons. The number of carbonyl (C=O) groups is 2. The summed E-state index contributed by atoms with van der Waals surface area (Å²) in [7, 11) is 0. The molecule has 2 rings (SSSR count). The smallest absolute Gasteiger partial charge is 0.413 e. The maximum absolute atomic E-state index is 11.0. The van der Waals surface area contributed by atoms with Crippen molar-refractivity contribution in [2.75, 3.05) is 0 Å². The van der Waals surface area contributed by atoms with Crippen LogP contribution in [0.3, 0.4) is 0 Å². The van der Waals surface area contributed by atoms with E-state index in [-0.39, 0.29) is 5.75 Å². The minimum absolute atomic E-state index is 0.273. The summed E-state index contributed by atoms with van der Waals surface area (Å²) in [5.74, 6) is -0.847. The van der Waals surface area contributed by atoms with Crippen molar-refractivity contribution >= 4 is 28.0 Å². The summed E-state index contributed by atoms with van der Waals surface area (Å²) < 4.78 is 5.56. The van der Waals surface area contributed by atoms with E-state index in [9.17, 15) is 9.59 Å². The molecule has 1 atom stereocenters. The average Bonchev–Trinajstić information content (AvgIpc) is 2.17. The first-order chi connectivity index (χ1) is 7.08. The molecule has 1 aliphatic rings. The first-order valence-electron chi connectivity index (χ1n) is 4.08. The molecule has 0 saturated carbocycles. The van der Waals surface area contributed by atoms with Gasteiger partial charge in [-0.1, -0.05) is 15.9 Å². The maximum Gasteiger partial charge on any atom is 0.413 e. The first-order valence-corrected chi connectivity index (χ1v) is 4.88. The number of nitrogens with one attached hydrogen (secondary N) is 1. The number of rotatable bonds is 1. The van der Waals surface area contributed by atoms with Crippen molar-refractivity contribution in [1.29, 1.82) is 0 Å². The Morgan fingerprint density at radius 2 is 2.27 bits per heavy atom. The molecular formula is C9H6BrNO4. The van der Waals surface area contributed by atoms with Crippen molar-refractivity contribution in [2.24, 2.45) is 0 Å². The van der Waals surface area contributed by atoms with Crippen LogP contribution in [-0.2, 0) is 4.79 Å². The van der Waals surface area contributed by atoms with Crippen LogP contribution in [0.5, 0.6) is 5.75 Å². The molecule has 6 heteroatoms. The van der Waals surface area contributed by atoms with E-state index >= 15 is 0 Å². The number of aliphatic carboxylic acids is 1. The molecule has 1 unspecified atom stereocenters. The van der Waals surface area contributed by atoms with E-state index < -0.39 is 18.1 Å². The van der Waals surface area contributed by atoms with Gasteiger partial charge >= 0.3 is 12.1 Å². The SMILES string of the molecule is O=C1NC(C(=O)O)c2cc(Br)ccc2O1. The minimum Gasteiger partial charge on any atom is -0.479 e. The highest BCUT2D eigenvalue weighted by Gasteiger charge is 2.31. The molecule has 2 N–H and O–H groups in total. The number of fused-ring (bicyclic) bond motifs is 1. The molecule has 1 aromatic rings. The molecule has 15 heavy (non-hydrogen) atoms. The van der Waals surface area contributed by atoms with Crippen LogP contribution in [0.25, 0.3) is 0 Å². The quantitative estimate of drug-likeness (QED) is 0.815. The summed E-state index contributed by atoms with van der Waals surface area (Å²) in [6.45, 7) is 0. The average molecular weight is 272 g/mol. The fraction of sp³-hybridized carbons (Fsp3) is 0.111. The van der Waals surface area contributed by atoms with E-state index in [0.29, 0.717) is 5.56 Å². The van der Waals surface area contributed by atoms with Crippen LogP contribution in [0.4, 0.5) is 4.79 Å². The van der Waals surface area contributed by atoms with Gasteiger partial charge in [-0.2, -0.15) is 0 Å². The Morgan fingerprint density at radius 1 is 1.53 bits per heavy atom. The van der Waals surface area contributed by atoms with Gasteiger partial charge < -0.3 is 15.2 Å². The molecule has 0 fully saturated rings. The van der Waals surface area contributed by atoms with Gasteiger partial charge in [0.05, 0.1) is 0 Å². The summed E-state index contributed by atoms with van der Waals surface area (Å²) in [5.41, 5.74) is 0.427. The largest absolute Gasteiger partial charge is 0.479 e. The van der Waals surface area contributed by atoms with Crippen molar-refractivity contribution in [3.63, 3.8) is 0 Å². The zero-order chi connectivity index (χ0) is 11.0. The van der Waals surface area contributed by atoms with E-state index in [2.05, 4.69) is 21.2 Å². The molecule has 1 amide bonds. The summed E-state index contributed by atoms with van der Waals surface area (Å²) in [4.78, 5) is 21.9. The fourth-order valence-electron chi connectivity index (χ4n) is 1.36. The van der Waals surface area contributed by atoms with Crippen LogP contribution < -0.4 is 10.1 Å². The number of halogens is 1. The fourth-order valence-corrected chi connectivity index (χ4v) is 1.74. The number of carboxylic acid groups (broad SMARTS) is 1.